The highest BCUT2D eigenvalue weighted by molar-refractivity contribution is 5.92. The van der Waals surface area contributed by atoms with Gasteiger partial charge in [-0.15, -0.1) is 0 Å². The number of nitrogens with zero attached hydrogens (tertiary/aromatic N) is 1. The normalized spacial score (nSPS) is 9.57. The topological polar surface area (TPSA) is 58.5 Å². The van der Waals surface area contributed by atoms with Crippen molar-refractivity contribution in [3.63, 3.8) is 0 Å². The SMILES string of the molecule is O=NCC(=O)Nc1cc(F)cc(F)c1. The molecule has 0 saturated heterocycles. The minimum atomic E-state index is -0.806. The summed E-state index contributed by atoms with van der Waals surface area (Å²) in [6.07, 6.45) is 0. The summed E-state index contributed by atoms with van der Waals surface area (Å²) < 4.78 is 25.2. The van der Waals surface area contributed by atoms with Crippen molar-refractivity contribution in [2.75, 3.05) is 11.9 Å². The summed E-state index contributed by atoms with van der Waals surface area (Å²) in [7, 11) is 0. The molecule has 6 heteroatoms. The van der Waals surface area contributed by atoms with E-state index in [9.17, 15) is 18.5 Å². The average Bonchev–Trinajstić information content (AvgIpc) is 2.01. The Balaban J connectivity index is 2.76. The number of amides is 1. The van der Waals surface area contributed by atoms with Gasteiger partial charge in [-0.1, -0.05) is 5.18 Å². The van der Waals surface area contributed by atoms with E-state index in [1.54, 1.807) is 0 Å². The second-order valence-corrected chi connectivity index (χ2v) is 2.49. The Labute approximate surface area is 77.9 Å². The van der Waals surface area contributed by atoms with Gasteiger partial charge in [0.15, 0.2) is 6.54 Å². The van der Waals surface area contributed by atoms with Gasteiger partial charge in [-0.05, 0) is 12.1 Å². The maximum absolute atomic E-state index is 12.6. The molecule has 0 atom stereocenters. The minimum Gasteiger partial charge on any atom is -0.324 e. The van der Waals surface area contributed by atoms with Gasteiger partial charge in [0.1, 0.15) is 11.6 Å². The van der Waals surface area contributed by atoms with E-state index >= 15 is 0 Å². The number of anilines is 1. The molecule has 14 heavy (non-hydrogen) atoms. The second-order valence-electron chi connectivity index (χ2n) is 2.49. The van der Waals surface area contributed by atoms with Gasteiger partial charge >= 0.3 is 0 Å². The Morgan fingerprint density at radius 2 is 1.86 bits per heavy atom. The highest BCUT2D eigenvalue weighted by Gasteiger charge is 2.04. The molecule has 1 aromatic carbocycles. The zero-order chi connectivity index (χ0) is 10.6. The summed E-state index contributed by atoms with van der Waals surface area (Å²) in [6.45, 7) is -0.585. The predicted octanol–water partition coefficient (Wildman–Crippen LogP) is 1.67. The van der Waals surface area contributed by atoms with Crippen molar-refractivity contribution >= 4 is 11.6 Å². The fourth-order valence-corrected chi connectivity index (χ4v) is 0.885. The van der Waals surface area contributed by atoms with Crippen LogP contribution in [-0.4, -0.2) is 12.5 Å². The van der Waals surface area contributed by atoms with Crippen LogP contribution in [0.5, 0.6) is 0 Å². The van der Waals surface area contributed by atoms with Crippen LogP contribution in [0.2, 0.25) is 0 Å². The highest BCUT2D eigenvalue weighted by Crippen LogP contribution is 2.12. The molecule has 0 aliphatic rings. The van der Waals surface area contributed by atoms with E-state index in [2.05, 4.69) is 10.5 Å². The number of nitrogens with one attached hydrogen (secondary N) is 1. The van der Waals surface area contributed by atoms with Crippen LogP contribution in [-0.2, 0) is 4.79 Å². The predicted molar refractivity (Wildman–Crippen MR) is 45.6 cm³/mol. The van der Waals surface area contributed by atoms with Crippen LogP contribution in [0.25, 0.3) is 0 Å². The van der Waals surface area contributed by atoms with Crippen LogP contribution < -0.4 is 5.32 Å². The average molecular weight is 200 g/mol. The molecule has 1 amide bonds. The third-order valence-corrected chi connectivity index (χ3v) is 1.35. The molecule has 1 aromatic rings. The van der Waals surface area contributed by atoms with E-state index in [1.165, 1.54) is 0 Å². The lowest BCUT2D eigenvalue weighted by Gasteiger charge is -2.02. The molecule has 0 aliphatic heterocycles. The monoisotopic (exact) mass is 200 g/mol. The summed E-state index contributed by atoms with van der Waals surface area (Å²) in [5.41, 5.74) is -0.0452. The Kier molecular flexibility index (Phi) is 3.22. The lowest BCUT2D eigenvalue weighted by atomic mass is 10.3. The van der Waals surface area contributed by atoms with Crippen LogP contribution in [0, 0.1) is 16.5 Å². The van der Waals surface area contributed by atoms with Crippen molar-refractivity contribution in [3.8, 4) is 0 Å². The third kappa shape index (κ3) is 2.89. The summed E-state index contributed by atoms with van der Waals surface area (Å²) in [5.74, 6) is -2.33. The van der Waals surface area contributed by atoms with Gasteiger partial charge in [-0.2, -0.15) is 4.91 Å². The molecule has 0 radical (unpaired) electrons. The molecule has 0 spiro atoms. The maximum Gasteiger partial charge on any atom is 0.249 e. The van der Waals surface area contributed by atoms with Gasteiger partial charge in [0.25, 0.3) is 0 Å². The first-order valence-corrected chi connectivity index (χ1v) is 3.67. The molecule has 0 heterocycles. The maximum atomic E-state index is 12.6. The number of halogens is 2. The Morgan fingerprint density at radius 1 is 1.29 bits per heavy atom. The standard InChI is InChI=1S/C8H6F2N2O2/c9-5-1-6(10)3-7(2-5)12-8(13)4-11-14/h1-3H,4H2,(H,12,13). The number of benzene rings is 1. The van der Waals surface area contributed by atoms with Gasteiger partial charge in [0, 0.05) is 11.8 Å². The van der Waals surface area contributed by atoms with Crippen molar-refractivity contribution in [2.45, 2.75) is 0 Å². The van der Waals surface area contributed by atoms with E-state index in [0.717, 1.165) is 12.1 Å². The fourth-order valence-electron chi connectivity index (χ4n) is 0.885. The summed E-state index contributed by atoms with van der Waals surface area (Å²) >= 11 is 0. The largest absolute Gasteiger partial charge is 0.324 e. The van der Waals surface area contributed by atoms with E-state index < -0.39 is 24.1 Å². The van der Waals surface area contributed by atoms with E-state index in [0.29, 0.717) is 6.07 Å². The zero-order valence-electron chi connectivity index (χ0n) is 6.96. The molecule has 1 N–H and O–H groups in total. The van der Waals surface area contributed by atoms with E-state index in [-0.39, 0.29) is 5.69 Å². The lowest BCUT2D eigenvalue weighted by Crippen LogP contribution is -2.14. The quantitative estimate of drug-likeness (QED) is 0.754. The molecule has 1 rings (SSSR count). The van der Waals surface area contributed by atoms with Crippen LogP contribution in [0.15, 0.2) is 23.4 Å². The summed E-state index contributed by atoms with van der Waals surface area (Å²) in [4.78, 5) is 20.5. The van der Waals surface area contributed by atoms with Crippen molar-refractivity contribution in [2.24, 2.45) is 5.18 Å². The second kappa shape index (κ2) is 4.40. The minimum absolute atomic E-state index is 0.0452. The van der Waals surface area contributed by atoms with Gasteiger partial charge in [-0.3, -0.25) is 4.79 Å². The van der Waals surface area contributed by atoms with Crippen LogP contribution >= 0.6 is 0 Å². The number of hydrogen-bond donors (Lipinski definition) is 1. The van der Waals surface area contributed by atoms with Crippen LogP contribution in [0.4, 0.5) is 14.5 Å². The van der Waals surface area contributed by atoms with Crippen LogP contribution in [0.3, 0.4) is 0 Å². The summed E-state index contributed by atoms with van der Waals surface area (Å²) in [5, 5.41) is 4.44. The number of carbonyl (C=O) groups excluding carboxylic acids is 1. The molecule has 4 nitrogen and oxygen atoms in total. The molecule has 0 aromatic heterocycles. The number of hydrogen-bond acceptors (Lipinski definition) is 3. The van der Waals surface area contributed by atoms with Gasteiger partial charge in [-0.25, -0.2) is 8.78 Å². The van der Waals surface area contributed by atoms with Crippen molar-refractivity contribution in [3.05, 3.63) is 34.7 Å². The molecule has 0 bridgehead atoms. The molecular formula is C8H6F2N2O2. The van der Waals surface area contributed by atoms with Gasteiger partial charge in [0.05, 0.1) is 0 Å². The smallest absolute Gasteiger partial charge is 0.249 e. The van der Waals surface area contributed by atoms with Crippen molar-refractivity contribution in [1.29, 1.82) is 0 Å². The lowest BCUT2D eigenvalue weighted by molar-refractivity contribution is -0.114. The first-order chi connectivity index (χ1) is 6.61. The molecule has 0 saturated carbocycles. The number of nitroso groups, excluding NO2 is 1. The molecule has 0 fully saturated rings. The van der Waals surface area contributed by atoms with Crippen LogP contribution in [0.1, 0.15) is 0 Å². The Morgan fingerprint density at radius 3 is 2.36 bits per heavy atom. The fraction of sp³-hybridized carbons (Fsp3) is 0.125. The van der Waals surface area contributed by atoms with E-state index in [4.69, 9.17) is 0 Å². The number of rotatable bonds is 3. The Hall–Kier alpha value is -1.85. The number of carbonyl (C=O) groups is 1. The Bertz CT molecular complexity index is 348. The first kappa shape index (κ1) is 10.2. The van der Waals surface area contributed by atoms with Gasteiger partial charge in [0.2, 0.25) is 5.91 Å². The van der Waals surface area contributed by atoms with Crippen molar-refractivity contribution in [1.82, 2.24) is 0 Å². The molecule has 0 aliphatic carbocycles. The van der Waals surface area contributed by atoms with E-state index in [1.807, 2.05) is 0 Å². The molecule has 0 unspecified atom stereocenters. The zero-order valence-corrected chi connectivity index (χ0v) is 6.96. The molecule has 74 valence electrons. The summed E-state index contributed by atoms with van der Waals surface area (Å²) in [6, 6.07) is 2.55. The van der Waals surface area contributed by atoms with Crippen molar-refractivity contribution < 1.29 is 13.6 Å². The highest BCUT2D eigenvalue weighted by atomic mass is 19.1. The van der Waals surface area contributed by atoms with Gasteiger partial charge < -0.3 is 5.32 Å². The third-order valence-electron chi connectivity index (χ3n) is 1.35. The first-order valence-electron chi connectivity index (χ1n) is 3.67. The molecular weight excluding hydrogens is 194 g/mol.